The van der Waals surface area contributed by atoms with Crippen molar-refractivity contribution in [1.29, 1.82) is 0 Å². The molecule has 1 rings (SSSR count). The quantitative estimate of drug-likeness (QED) is 0.0319. The summed E-state index contributed by atoms with van der Waals surface area (Å²) in [4.78, 5) is 106. The zero-order valence-electron chi connectivity index (χ0n) is 32.8. The van der Waals surface area contributed by atoms with Crippen LogP contribution in [0.4, 0.5) is 0 Å². The number of aliphatic carboxylic acids is 1. The van der Waals surface area contributed by atoms with Gasteiger partial charge in [0.05, 0.1) is 19.8 Å². The highest BCUT2D eigenvalue weighted by Crippen LogP contribution is 2.20. The number of hydrogen-bond donors (Lipinski definition) is 10. The van der Waals surface area contributed by atoms with Gasteiger partial charge in [0, 0.05) is 58.9 Å². The van der Waals surface area contributed by atoms with Crippen LogP contribution in [0.1, 0.15) is 119 Å². The molecule has 1 heterocycles. The SMILES string of the molecule is C.C.CCONC(CCC(=O)NCCO)C(=O)N1CCCCC1C(=O)NC(CCCCNC(=O)CCCCCNC(=O)C(CCC(=O)NCCO)NC(C)=O)C(=O)O. The molecule has 20 nitrogen and oxygen atoms in total. The summed E-state index contributed by atoms with van der Waals surface area (Å²) in [5.74, 6) is -3.93. The van der Waals surface area contributed by atoms with Crippen molar-refractivity contribution in [1.82, 2.24) is 42.3 Å². The molecule has 7 amide bonds. The molecule has 10 N–H and O–H groups in total. The van der Waals surface area contributed by atoms with Crippen LogP contribution in [0.3, 0.4) is 0 Å². The molecule has 336 valence electrons. The lowest BCUT2D eigenvalue weighted by molar-refractivity contribution is -0.149. The normalized spacial score (nSPS) is 14.9. The van der Waals surface area contributed by atoms with E-state index in [1.165, 1.54) is 11.8 Å². The number of carbonyl (C=O) groups is 8. The van der Waals surface area contributed by atoms with Crippen molar-refractivity contribution in [2.45, 2.75) is 143 Å². The highest BCUT2D eigenvalue weighted by Gasteiger charge is 2.37. The van der Waals surface area contributed by atoms with Crippen LogP contribution < -0.4 is 37.4 Å². The topological polar surface area (TPSA) is 294 Å². The Hall–Kier alpha value is -4.40. The third-order valence-corrected chi connectivity index (χ3v) is 8.87. The van der Waals surface area contributed by atoms with E-state index in [0.29, 0.717) is 64.5 Å². The zero-order chi connectivity index (χ0) is 41.7. The number of amides is 7. The monoisotopic (exact) mass is 833 g/mol. The van der Waals surface area contributed by atoms with Crippen molar-refractivity contribution >= 4 is 47.3 Å². The van der Waals surface area contributed by atoms with E-state index in [9.17, 15) is 43.5 Å². The smallest absolute Gasteiger partial charge is 0.326 e. The molecule has 0 saturated carbocycles. The Morgan fingerprint density at radius 2 is 1.24 bits per heavy atom. The third kappa shape index (κ3) is 24.4. The van der Waals surface area contributed by atoms with Crippen molar-refractivity contribution < 1.29 is 58.5 Å². The molecule has 4 unspecified atom stereocenters. The molecule has 0 spiro atoms. The number of carboxylic acids is 1. The lowest BCUT2D eigenvalue weighted by Gasteiger charge is -2.37. The van der Waals surface area contributed by atoms with Gasteiger partial charge in [0.25, 0.3) is 0 Å². The number of hydroxylamine groups is 1. The zero-order valence-corrected chi connectivity index (χ0v) is 32.8. The van der Waals surface area contributed by atoms with Gasteiger partial charge in [-0.15, -0.1) is 0 Å². The second kappa shape index (κ2) is 33.6. The molecule has 4 atom stereocenters. The lowest BCUT2D eigenvalue weighted by Crippen LogP contribution is -2.58. The van der Waals surface area contributed by atoms with Crippen LogP contribution in [0.15, 0.2) is 0 Å². The Bertz CT molecular complexity index is 1260. The van der Waals surface area contributed by atoms with Crippen LogP contribution in [0.25, 0.3) is 0 Å². The second-order valence-electron chi connectivity index (χ2n) is 13.5. The van der Waals surface area contributed by atoms with Gasteiger partial charge in [-0.25, -0.2) is 4.79 Å². The minimum atomic E-state index is -1.22. The number of nitrogens with zero attached hydrogens (tertiary/aromatic N) is 1. The van der Waals surface area contributed by atoms with E-state index >= 15 is 0 Å². The number of aliphatic hydroxyl groups is 2. The van der Waals surface area contributed by atoms with Gasteiger partial charge in [-0.05, 0) is 71.1 Å². The number of rotatable bonds is 30. The molecule has 1 aliphatic rings. The van der Waals surface area contributed by atoms with Crippen LogP contribution in [-0.4, -0.2) is 144 Å². The van der Waals surface area contributed by atoms with Gasteiger partial charge in [0.1, 0.15) is 24.2 Å². The molecule has 0 aromatic heterocycles. The summed E-state index contributed by atoms with van der Waals surface area (Å²) >= 11 is 0. The number of carbonyl (C=O) groups excluding carboxylic acids is 7. The third-order valence-electron chi connectivity index (χ3n) is 8.87. The number of hydrogen-bond acceptors (Lipinski definition) is 12. The van der Waals surface area contributed by atoms with Gasteiger partial charge in [0.15, 0.2) is 0 Å². The summed E-state index contributed by atoms with van der Waals surface area (Å²) in [7, 11) is 0. The fourth-order valence-electron chi connectivity index (χ4n) is 5.95. The van der Waals surface area contributed by atoms with Gasteiger partial charge in [-0.1, -0.05) is 21.3 Å². The highest BCUT2D eigenvalue weighted by molar-refractivity contribution is 5.92. The molecule has 0 radical (unpaired) electrons. The first-order valence-electron chi connectivity index (χ1n) is 19.6. The molecular formula is C38H72N8O12. The van der Waals surface area contributed by atoms with Crippen molar-refractivity contribution in [3.8, 4) is 0 Å². The summed E-state index contributed by atoms with van der Waals surface area (Å²) in [5, 5.41) is 43.2. The van der Waals surface area contributed by atoms with Crippen molar-refractivity contribution in [3.05, 3.63) is 0 Å². The van der Waals surface area contributed by atoms with Crippen LogP contribution in [-0.2, 0) is 43.2 Å². The summed E-state index contributed by atoms with van der Waals surface area (Å²) in [6.45, 7) is 3.93. The minimum absolute atomic E-state index is 0. The molecule has 58 heavy (non-hydrogen) atoms. The van der Waals surface area contributed by atoms with E-state index in [4.69, 9.17) is 15.1 Å². The van der Waals surface area contributed by atoms with Crippen molar-refractivity contribution in [2.24, 2.45) is 0 Å². The Labute approximate surface area is 343 Å². The number of carboxylic acid groups (broad SMARTS) is 1. The average molecular weight is 833 g/mol. The summed E-state index contributed by atoms with van der Waals surface area (Å²) in [6, 6.07) is -3.90. The molecular weight excluding hydrogens is 760 g/mol. The Balaban J connectivity index is 0. The average Bonchev–Trinajstić information content (AvgIpc) is 3.17. The number of likely N-dealkylation sites (tertiary alicyclic amines) is 1. The van der Waals surface area contributed by atoms with Crippen LogP contribution in [0.2, 0.25) is 0 Å². The lowest BCUT2D eigenvalue weighted by atomic mass is 9.98. The molecule has 0 aliphatic carbocycles. The predicted molar refractivity (Wildman–Crippen MR) is 216 cm³/mol. The number of piperidine rings is 1. The van der Waals surface area contributed by atoms with Gasteiger partial charge in [-0.3, -0.25) is 33.6 Å². The van der Waals surface area contributed by atoms with Gasteiger partial charge in [0.2, 0.25) is 41.4 Å². The first-order chi connectivity index (χ1) is 26.8. The fourth-order valence-corrected chi connectivity index (χ4v) is 5.95. The highest BCUT2D eigenvalue weighted by atomic mass is 16.6. The Morgan fingerprint density at radius 1 is 0.672 bits per heavy atom. The number of unbranched alkanes of at least 4 members (excludes halogenated alkanes) is 3. The van der Waals surface area contributed by atoms with E-state index in [2.05, 4.69) is 37.4 Å². The van der Waals surface area contributed by atoms with E-state index in [1.807, 2.05) is 0 Å². The molecule has 0 aromatic carbocycles. The Morgan fingerprint density at radius 3 is 1.83 bits per heavy atom. The van der Waals surface area contributed by atoms with Crippen molar-refractivity contribution in [2.75, 3.05) is 52.5 Å². The summed E-state index contributed by atoms with van der Waals surface area (Å²) in [6.07, 6.45) is 4.87. The van der Waals surface area contributed by atoms with Gasteiger partial charge < -0.3 is 57.0 Å². The van der Waals surface area contributed by atoms with Gasteiger partial charge in [-0.2, -0.15) is 5.48 Å². The molecule has 1 fully saturated rings. The summed E-state index contributed by atoms with van der Waals surface area (Å²) < 4.78 is 0. The number of aliphatic hydroxyl groups excluding tert-OH is 2. The predicted octanol–water partition coefficient (Wildman–Crippen LogP) is -0.636. The first kappa shape index (κ1) is 55.7. The fraction of sp³-hybridized carbons (Fsp3) is 0.789. The maximum atomic E-state index is 13.6. The van der Waals surface area contributed by atoms with E-state index in [1.54, 1.807) is 6.92 Å². The summed E-state index contributed by atoms with van der Waals surface area (Å²) in [5.41, 5.74) is 2.67. The molecule has 0 bridgehead atoms. The van der Waals surface area contributed by atoms with Crippen LogP contribution in [0.5, 0.6) is 0 Å². The van der Waals surface area contributed by atoms with Crippen LogP contribution >= 0.6 is 0 Å². The van der Waals surface area contributed by atoms with Crippen molar-refractivity contribution in [3.63, 3.8) is 0 Å². The van der Waals surface area contributed by atoms with E-state index in [-0.39, 0.29) is 111 Å². The maximum Gasteiger partial charge on any atom is 0.326 e. The largest absolute Gasteiger partial charge is 0.480 e. The van der Waals surface area contributed by atoms with Gasteiger partial charge >= 0.3 is 5.97 Å². The minimum Gasteiger partial charge on any atom is -0.480 e. The Kier molecular flexibility index (Phi) is 32.2. The molecule has 0 aromatic rings. The standard InChI is InChI=1S/C36H64N8O12.2CH4/c1-3-56-43-27(15-17-32(50)39-21-24-46)35(53)44-22-10-7-12-29(44)34(52)42-28(36(54)55)11-6-9-18-37-30(48)13-5-4-8-19-40-33(51)26(41-25(2)47)14-16-31(49)38-20-23-45;;/h26-29,43,45-46H,3-24H2,1-2H3,(H,37,48)(H,38,49)(H,39,50)(H,40,51)(H,41,47)(H,42,52)(H,54,55);2*1H4. The maximum absolute atomic E-state index is 13.6. The molecule has 20 heteroatoms. The second-order valence-corrected chi connectivity index (χ2v) is 13.5. The molecule has 1 aliphatic heterocycles. The van der Waals surface area contributed by atoms with Crippen LogP contribution in [0, 0.1) is 0 Å². The first-order valence-corrected chi connectivity index (χ1v) is 19.6. The van der Waals surface area contributed by atoms with E-state index in [0.717, 1.165) is 0 Å². The molecule has 1 saturated heterocycles. The van der Waals surface area contributed by atoms with E-state index < -0.39 is 53.8 Å². The number of nitrogens with one attached hydrogen (secondary N) is 7.